The van der Waals surface area contributed by atoms with Crippen molar-refractivity contribution >= 4 is 49.5 Å². The number of rotatable bonds is 6. The Bertz CT molecular complexity index is 2380. The smallest absolute Gasteiger partial charge is 0.0618 e. The Balaban J connectivity index is 0.000000184. The molecule has 8 aromatic rings. The second kappa shape index (κ2) is 19.4. The highest BCUT2D eigenvalue weighted by Gasteiger charge is 2.09. The molecule has 0 saturated carbocycles. The zero-order chi connectivity index (χ0) is 37.4. The molecule has 0 atom stereocenters. The van der Waals surface area contributed by atoms with Crippen molar-refractivity contribution in [2.24, 2.45) is 5.73 Å². The van der Waals surface area contributed by atoms with Gasteiger partial charge in [-0.2, -0.15) is 0 Å². The molecule has 0 spiro atoms. The second-order valence-corrected chi connectivity index (χ2v) is 13.5. The maximum atomic E-state index is 8.61. The van der Waals surface area contributed by atoms with Crippen LogP contribution in [-0.4, -0.2) is 12.4 Å². The Morgan fingerprint density at radius 2 is 1.08 bits per heavy atom. The summed E-state index contributed by atoms with van der Waals surface area (Å²) in [6.07, 6.45) is 1.97. The summed E-state index contributed by atoms with van der Waals surface area (Å²) < 4.78 is 2.78. The van der Waals surface area contributed by atoms with Gasteiger partial charge in [0.05, 0.1) is 5.71 Å². The molecule has 7 aromatic carbocycles. The molecular formula is C49H45N3S. The molecule has 0 aliphatic carbocycles. The van der Waals surface area contributed by atoms with E-state index in [0.29, 0.717) is 12.3 Å². The van der Waals surface area contributed by atoms with Gasteiger partial charge in [0.1, 0.15) is 0 Å². The van der Waals surface area contributed by atoms with Gasteiger partial charge in [-0.25, -0.2) is 0 Å². The van der Waals surface area contributed by atoms with Crippen LogP contribution in [0.4, 0.5) is 0 Å². The van der Waals surface area contributed by atoms with E-state index in [4.69, 9.17) is 16.6 Å². The number of allylic oxidation sites excluding steroid dienone is 1. The minimum atomic E-state index is 0.509. The highest BCUT2D eigenvalue weighted by Crippen LogP contribution is 2.34. The van der Waals surface area contributed by atoms with Crippen LogP contribution in [0.3, 0.4) is 0 Å². The van der Waals surface area contributed by atoms with Gasteiger partial charge in [0, 0.05) is 26.7 Å². The van der Waals surface area contributed by atoms with Gasteiger partial charge in [0.2, 0.25) is 0 Å². The molecule has 0 unspecified atom stereocenters. The number of thiophene rings is 1. The van der Waals surface area contributed by atoms with E-state index in [0.717, 1.165) is 22.3 Å². The average Bonchev–Trinajstić information content (AvgIpc) is 3.60. The Morgan fingerprint density at radius 3 is 1.72 bits per heavy atom. The van der Waals surface area contributed by atoms with Gasteiger partial charge in [-0.15, -0.1) is 11.3 Å². The molecule has 8 rings (SSSR count). The number of nitrogens with two attached hydrogens (primary N) is 1. The van der Waals surface area contributed by atoms with Crippen molar-refractivity contribution in [2.75, 3.05) is 0 Å². The van der Waals surface area contributed by atoms with Crippen molar-refractivity contribution in [1.82, 2.24) is 0 Å². The fourth-order valence-electron chi connectivity index (χ4n) is 5.91. The minimum absolute atomic E-state index is 0.509. The summed E-state index contributed by atoms with van der Waals surface area (Å²) in [7, 11) is 0. The van der Waals surface area contributed by atoms with Gasteiger partial charge in [0.25, 0.3) is 0 Å². The van der Waals surface area contributed by atoms with Crippen LogP contribution in [0.2, 0.25) is 0 Å². The van der Waals surface area contributed by atoms with E-state index in [1.54, 1.807) is 0 Å². The van der Waals surface area contributed by atoms with Crippen LogP contribution < -0.4 is 5.73 Å². The van der Waals surface area contributed by atoms with E-state index < -0.39 is 0 Å². The fraction of sp³-hybridized carbons (Fsp3) is 0.0612. The van der Waals surface area contributed by atoms with Crippen LogP contribution in [0.1, 0.15) is 33.4 Å². The second-order valence-electron chi connectivity index (χ2n) is 12.4. The van der Waals surface area contributed by atoms with E-state index in [-0.39, 0.29) is 0 Å². The third kappa shape index (κ3) is 10.4. The Kier molecular flexibility index (Phi) is 13.9. The summed E-state index contributed by atoms with van der Waals surface area (Å²) in [6.45, 7) is 7.38. The summed E-state index contributed by atoms with van der Waals surface area (Å²) in [5, 5.41) is 16.9. The van der Waals surface area contributed by atoms with Gasteiger partial charge in [-0.1, -0.05) is 175 Å². The lowest BCUT2D eigenvalue weighted by atomic mass is 9.93. The lowest BCUT2D eigenvalue weighted by Crippen LogP contribution is -1.98. The molecule has 3 nitrogen and oxygen atoms in total. The number of fused-ring (bicyclic) bond motifs is 3. The van der Waals surface area contributed by atoms with Gasteiger partial charge in [-0.3, -0.25) is 0 Å². The zero-order valence-corrected chi connectivity index (χ0v) is 31.1. The van der Waals surface area contributed by atoms with Crippen molar-refractivity contribution in [3.8, 4) is 11.1 Å². The molecule has 0 amide bonds. The fourth-order valence-corrected chi connectivity index (χ4v) is 7.12. The maximum absolute atomic E-state index is 8.61. The van der Waals surface area contributed by atoms with E-state index >= 15 is 0 Å². The molecule has 4 N–H and O–H groups in total. The topological polar surface area (TPSA) is 73.7 Å². The van der Waals surface area contributed by atoms with Gasteiger partial charge in [0.15, 0.2) is 0 Å². The van der Waals surface area contributed by atoms with Crippen LogP contribution in [0.5, 0.6) is 0 Å². The first kappa shape index (κ1) is 38.0. The molecule has 0 fully saturated rings. The summed E-state index contributed by atoms with van der Waals surface area (Å²) in [5.41, 5.74) is 16.2. The highest BCUT2D eigenvalue weighted by atomic mass is 32.1. The van der Waals surface area contributed by atoms with Crippen molar-refractivity contribution in [2.45, 2.75) is 20.4 Å². The Hall–Kier alpha value is -6.20. The minimum Gasteiger partial charge on any atom is -0.326 e. The first-order valence-corrected chi connectivity index (χ1v) is 18.4. The van der Waals surface area contributed by atoms with Crippen LogP contribution >= 0.6 is 11.3 Å². The summed E-state index contributed by atoms with van der Waals surface area (Å²) >= 11 is 1.88. The maximum Gasteiger partial charge on any atom is 0.0618 e. The monoisotopic (exact) mass is 707 g/mol. The largest absolute Gasteiger partial charge is 0.326 e. The highest BCUT2D eigenvalue weighted by molar-refractivity contribution is 7.25. The first-order valence-electron chi connectivity index (χ1n) is 17.5. The lowest BCUT2D eigenvalue weighted by molar-refractivity contribution is 1.07. The van der Waals surface area contributed by atoms with Crippen molar-refractivity contribution in [3.05, 3.63) is 221 Å². The normalized spacial score (nSPS) is 10.6. The number of hydrogen-bond donors (Lipinski definition) is 3. The average molecular weight is 708 g/mol. The van der Waals surface area contributed by atoms with E-state index in [9.17, 15) is 0 Å². The molecule has 0 saturated heterocycles. The Morgan fingerprint density at radius 1 is 0.528 bits per heavy atom. The number of aryl methyl sites for hydroxylation is 2. The lowest BCUT2D eigenvalue weighted by Gasteiger charge is -2.12. The third-order valence-electron chi connectivity index (χ3n) is 8.62. The standard InChI is InChI=1S/C28H23N.C13H10S.C7H9N.CH3N/c1-21-9-8-14-26(19-21)27(20-28(29)25-12-6-3-7-13-25)24-17-15-23(16-18-24)22-10-4-2-5-11-22;1-9-6-7-11-10-4-2-3-5-12(10)14-13(11)8-9;8-6-7-4-2-1-3-5-7;1-2/h2-20,29H,1H3;2-8H,1H3;1-5H,6,8H2;2H,1H2/b27-20-,29-28?;;;. The molecule has 4 heteroatoms. The van der Waals surface area contributed by atoms with E-state index in [2.05, 4.69) is 136 Å². The quantitative estimate of drug-likeness (QED) is 0.148. The molecule has 0 aliphatic rings. The summed E-state index contributed by atoms with van der Waals surface area (Å²) in [4.78, 5) is 0. The number of nitrogens with one attached hydrogen (secondary N) is 2. The van der Waals surface area contributed by atoms with Crippen LogP contribution in [0.15, 0.2) is 188 Å². The summed E-state index contributed by atoms with van der Waals surface area (Å²) in [6, 6.07) is 62.6. The number of benzene rings is 7. The van der Waals surface area contributed by atoms with Crippen molar-refractivity contribution in [3.63, 3.8) is 0 Å². The van der Waals surface area contributed by atoms with Crippen molar-refractivity contribution in [1.29, 1.82) is 10.8 Å². The van der Waals surface area contributed by atoms with Gasteiger partial charge in [-0.05, 0) is 83.3 Å². The van der Waals surface area contributed by atoms with Crippen molar-refractivity contribution < 1.29 is 0 Å². The molecule has 53 heavy (non-hydrogen) atoms. The predicted octanol–water partition coefficient (Wildman–Crippen LogP) is 12.9. The molecule has 0 radical (unpaired) electrons. The van der Waals surface area contributed by atoms with Crippen LogP contribution in [0.25, 0.3) is 36.9 Å². The van der Waals surface area contributed by atoms with Gasteiger partial charge >= 0.3 is 0 Å². The first-order chi connectivity index (χ1) is 26.0. The number of hydrogen-bond acceptors (Lipinski definition) is 4. The third-order valence-corrected chi connectivity index (χ3v) is 9.75. The van der Waals surface area contributed by atoms with E-state index in [1.165, 1.54) is 48.0 Å². The van der Waals surface area contributed by atoms with Crippen LogP contribution in [0, 0.1) is 24.7 Å². The van der Waals surface area contributed by atoms with Crippen LogP contribution in [-0.2, 0) is 6.54 Å². The molecular weight excluding hydrogens is 663 g/mol. The predicted molar refractivity (Wildman–Crippen MR) is 232 cm³/mol. The molecule has 1 aromatic heterocycles. The molecule has 262 valence electrons. The summed E-state index contributed by atoms with van der Waals surface area (Å²) in [5.74, 6) is 0. The molecule has 1 heterocycles. The Labute approximate surface area is 317 Å². The SMILES string of the molecule is C=N.Cc1ccc2c(c1)sc1ccccc12.Cc1cccc(/C(=C\C(=N)c2ccccc2)c2ccc(-c3ccccc3)cc2)c1.NCc1ccccc1. The molecule has 0 aliphatic heterocycles. The zero-order valence-electron chi connectivity index (χ0n) is 30.3. The van der Waals surface area contributed by atoms with E-state index in [1.807, 2.05) is 84.1 Å². The molecule has 0 bridgehead atoms. The van der Waals surface area contributed by atoms with Gasteiger partial charge < -0.3 is 16.6 Å².